The van der Waals surface area contributed by atoms with Crippen molar-refractivity contribution < 1.29 is 67.5 Å². The van der Waals surface area contributed by atoms with E-state index in [9.17, 15) is 63.2 Å². The van der Waals surface area contributed by atoms with Crippen LogP contribution < -0.4 is 4.74 Å². The van der Waals surface area contributed by atoms with Gasteiger partial charge in [0.25, 0.3) is 0 Å². The summed E-state index contributed by atoms with van der Waals surface area (Å²) in [4.78, 5) is 20.7. The predicted octanol–water partition coefficient (Wildman–Crippen LogP) is 4.71. The lowest BCUT2D eigenvalue weighted by Gasteiger charge is -2.31. The molecular formula is C14H8F11NO5. The molecule has 17 heteroatoms. The molecule has 6 nitrogen and oxygen atoms in total. The number of esters is 1. The summed E-state index contributed by atoms with van der Waals surface area (Å²) in [6, 6.07) is 0.663. The largest absolute Gasteiger partial charge is 0.475 e. The van der Waals surface area contributed by atoms with Gasteiger partial charge in [0, 0.05) is 6.07 Å². The maximum Gasteiger partial charge on any atom is 0.416 e. The maximum atomic E-state index is 13.2. The third kappa shape index (κ3) is 5.63. The molecule has 1 aromatic carbocycles. The van der Waals surface area contributed by atoms with Crippen molar-refractivity contribution in [3.05, 3.63) is 33.9 Å². The van der Waals surface area contributed by atoms with E-state index in [-0.39, 0.29) is 12.1 Å². The number of nitro groups is 1. The highest BCUT2D eigenvalue weighted by atomic mass is 19.4. The molecular weight excluding hydrogens is 471 g/mol. The van der Waals surface area contributed by atoms with E-state index in [1.54, 1.807) is 0 Å². The number of nitro benzene ring substituents is 1. The van der Waals surface area contributed by atoms with Crippen LogP contribution in [0.2, 0.25) is 0 Å². The van der Waals surface area contributed by atoms with E-state index in [0.717, 1.165) is 0 Å². The molecule has 0 amide bonds. The summed E-state index contributed by atoms with van der Waals surface area (Å²) in [5.74, 6) is -22.1. The molecule has 1 rings (SSSR count). The van der Waals surface area contributed by atoms with Crippen LogP contribution in [0.25, 0.3) is 0 Å². The highest BCUT2D eigenvalue weighted by Crippen LogP contribution is 2.48. The average molecular weight is 479 g/mol. The van der Waals surface area contributed by atoms with Crippen molar-refractivity contribution in [2.24, 2.45) is 0 Å². The van der Waals surface area contributed by atoms with Crippen LogP contribution in [0.3, 0.4) is 0 Å². The van der Waals surface area contributed by atoms with Crippen LogP contribution in [0.4, 0.5) is 54.0 Å². The maximum absolute atomic E-state index is 13.2. The fraction of sp³-hybridized carbons (Fsp3) is 0.500. The van der Waals surface area contributed by atoms with Crippen LogP contribution >= 0.6 is 0 Å². The number of hydrogen-bond acceptors (Lipinski definition) is 5. The Hall–Kier alpha value is -2.88. The topological polar surface area (TPSA) is 78.7 Å². The number of halogens is 11. The number of carbonyl (C=O) groups is 1. The van der Waals surface area contributed by atoms with Crippen molar-refractivity contribution >= 4 is 11.7 Å². The van der Waals surface area contributed by atoms with E-state index < -0.39 is 71.5 Å². The molecule has 0 aromatic heterocycles. The normalized spacial score (nSPS) is 13.3. The Kier molecular flexibility index (Phi) is 7.34. The van der Waals surface area contributed by atoms with Gasteiger partial charge in [0.05, 0.1) is 10.5 Å². The van der Waals surface area contributed by atoms with Gasteiger partial charge in [0.2, 0.25) is 0 Å². The molecule has 0 N–H and O–H groups in total. The zero-order chi connectivity index (χ0) is 24.4. The Morgan fingerprint density at radius 1 is 1.03 bits per heavy atom. The molecule has 0 atom stereocenters. The first kappa shape index (κ1) is 26.2. The minimum absolute atomic E-state index is 0.00178. The first-order valence-electron chi connectivity index (χ1n) is 7.40. The number of benzene rings is 1. The zero-order valence-electron chi connectivity index (χ0n) is 14.4. The number of ether oxygens (including phenoxy) is 2. The molecule has 0 spiro atoms. The van der Waals surface area contributed by atoms with Crippen molar-refractivity contribution in [3.63, 3.8) is 0 Å². The number of rotatable bonds is 9. The average Bonchev–Trinajstić information content (AvgIpc) is 2.63. The van der Waals surface area contributed by atoms with Crippen molar-refractivity contribution in [2.75, 3.05) is 13.2 Å². The van der Waals surface area contributed by atoms with Gasteiger partial charge in [0.15, 0.2) is 19.0 Å². The van der Waals surface area contributed by atoms with Gasteiger partial charge in [-0.25, -0.2) is 13.6 Å². The van der Waals surface area contributed by atoms with Crippen LogP contribution in [0.1, 0.15) is 5.56 Å². The molecule has 0 aliphatic rings. The van der Waals surface area contributed by atoms with Gasteiger partial charge in [-0.3, -0.25) is 10.1 Å². The smallest absolute Gasteiger partial charge is 0.416 e. The SMILES string of the molecule is O=C(COc1ccc(C(F)(F)F)cc1[N+](=O)[O-])OCC(F)(F)C(F)(F)C(F)(F)C(F)F. The second-order valence-corrected chi connectivity index (χ2v) is 5.59. The van der Waals surface area contributed by atoms with Gasteiger partial charge in [-0.05, 0) is 12.1 Å². The fourth-order valence-electron chi connectivity index (χ4n) is 1.78. The van der Waals surface area contributed by atoms with Crippen LogP contribution in [0.5, 0.6) is 5.75 Å². The summed E-state index contributed by atoms with van der Waals surface area (Å²) in [6.45, 7) is -4.38. The molecule has 0 radical (unpaired) electrons. The highest BCUT2D eigenvalue weighted by Gasteiger charge is 2.75. The standard InChI is InChI=1S/C14H8F11NO5/c15-10(16)12(19,20)14(24,25)11(17,18)5-31-9(27)4-30-8-2-1-6(13(21,22)23)3-7(8)26(28)29/h1-3,10H,4-5H2. The highest BCUT2D eigenvalue weighted by molar-refractivity contribution is 5.71. The molecule has 1 aromatic rings. The Morgan fingerprint density at radius 3 is 2.03 bits per heavy atom. The van der Waals surface area contributed by atoms with E-state index in [1.807, 2.05) is 0 Å². The van der Waals surface area contributed by atoms with E-state index >= 15 is 0 Å². The first-order valence-corrected chi connectivity index (χ1v) is 7.40. The molecule has 0 aliphatic heterocycles. The quantitative estimate of drug-likeness (QED) is 0.222. The first-order chi connectivity index (χ1) is 13.8. The van der Waals surface area contributed by atoms with Crippen LogP contribution in [-0.2, 0) is 15.7 Å². The third-order valence-electron chi connectivity index (χ3n) is 3.39. The van der Waals surface area contributed by atoms with Crippen molar-refractivity contribution in [1.82, 2.24) is 0 Å². The van der Waals surface area contributed by atoms with E-state index in [1.165, 1.54) is 0 Å². The summed E-state index contributed by atoms with van der Waals surface area (Å²) in [7, 11) is 0. The lowest BCUT2D eigenvalue weighted by Crippen LogP contribution is -2.59. The molecule has 0 saturated heterocycles. The van der Waals surface area contributed by atoms with E-state index in [4.69, 9.17) is 0 Å². The van der Waals surface area contributed by atoms with Gasteiger partial charge in [-0.15, -0.1) is 0 Å². The molecule has 0 bridgehead atoms. The number of alkyl halides is 11. The third-order valence-corrected chi connectivity index (χ3v) is 3.39. The summed E-state index contributed by atoms with van der Waals surface area (Å²) in [5.41, 5.74) is -2.81. The van der Waals surface area contributed by atoms with E-state index in [0.29, 0.717) is 6.07 Å². The van der Waals surface area contributed by atoms with Gasteiger partial charge in [-0.1, -0.05) is 0 Å². The number of nitrogens with zero attached hydrogens (tertiary/aromatic N) is 1. The molecule has 0 aliphatic carbocycles. The minimum atomic E-state index is -6.64. The fourth-order valence-corrected chi connectivity index (χ4v) is 1.78. The summed E-state index contributed by atoms with van der Waals surface area (Å²) in [5, 5.41) is 10.8. The van der Waals surface area contributed by atoms with Crippen molar-refractivity contribution in [3.8, 4) is 5.75 Å². The minimum Gasteiger partial charge on any atom is -0.475 e. The zero-order valence-corrected chi connectivity index (χ0v) is 14.4. The van der Waals surface area contributed by atoms with E-state index in [2.05, 4.69) is 9.47 Å². The lowest BCUT2D eigenvalue weighted by molar-refractivity contribution is -0.386. The van der Waals surface area contributed by atoms with Gasteiger partial charge < -0.3 is 9.47 Å². The van der Waals surface area contributed by atoms with Crippen molar-refractivity contribution in [2.45, 2.75) is 30.4 Å². The molecule has 0 unspecified atom stereocenters. The molecule has 176 valence electrons. The second-order valence-electron chi connectivity index (χ2n) is 5.59. The summed E-state index contributed by atoms with van der Waals surface area (Å²) < 4.78 is 147. The molecule has 0 heterocycles. The number of carbonyl (C=O) groups excluding carboxylic acids is 1. The Balaban J connectivity index is 2.86. The van der Waals surface area contributed by atoms with Gasteiger partial charge in [0.1, 0.15) is 0 Å². The lowest BCUT2D eigenvalue weighted by atomic mass is 10.1. The van der Waals surface area contributed by atoms with Crippen LogP contribution in [0, 0.1) is 10.1 Å². The summed E-state index contributed by atoms with van der Waals surface area (Å²) >= 11 is 0. The Bertz CT molecular complexity index is 825. The number of hydrogen-bond donors (Lipinski definition) is 0. The Labute approximate surface area is 163 Å². The monoisotopic (exact) mass is 479 g/mol. The van der Waals surface area contributed by atoms with Crippen molar-refractivity contribution in [1.29, 1.82) is 0 Å². The Morgan fingerprint density at radius 2 is 1.58 bits per heavy atom. The summed E-state index contributed by atoms with van der Waals surface area (Å²) in [6.07, 6.45) is -10.2. The molecule has 0 fully saturated rings. The molecule has 31 heavy (non-hydrogen) atoms. The van der Waals surface area contributed by atoms with Crippen LogP contribution in [0.15, 0.2) is 18.2 Å². The molecule has 0 saturated carbocycles. The predicted molar refractivity (Wildman–Crippen MR) is 75.4 cm³/mol. The van der Waals surface area contributed by atoms with Gasteiger partial charge in [-0.2, -0.15) is 39.5 Å². The van der Waals surface area contributed by atoms with Gasteiger partial charge >= 0.3 is 42.0 Å². The second kappa shape index (κ2) is 8.70. The van der Waals surface area contributed by atoms with Crippen LogP contribution in [-0.4, -0.2) is 48.3 Å².